The van der Waals surface area contributed by atoms with E-state index in [1.807, 2.05) is 20.8 Å². The van der Waals surface area contributed by atoms with Crippen LogP contribution in [0.5, 0.6) is 0 Å². The molecule has 0 saturated carbocycles. The fourth-order valence-electron chi connectivity index (χ4n) is 3.00. The van der Waals surface area contributed by atoms with Crippen LogP contribution >= 0.6 is 0 Å². The number of ether oxygens (including phenoxy) is 1. The smallest absolute Gasteiger partial charge is 0.410 e. The highest BCUT2D eigenvalue weighted by molar-refractivity contribution is 5.68. The second-order valence-electron chi connectivity index (χ2n) is 7.67. The molecule has 0 radical (unpaired) electrons. The largest absolute Gasteiger partial charge is 0.444 e. The Bertz CT molecular complexity index is 789. The van der Waals surface area contributed by atoms with E-state index in [1.54, 1.807) is 4.90 Å². The van der Waals surface area contributed by atoms with E-state index in [1.165, 1.54) is 18.2 Å². The van der Waals surface area contributed by atoms with E-state index in [2.05, 4.69) is 10.1 Å². The molecule has 27 heavy (non-hydrogen) atoms. The normalized spacial score (nSPS) is 15.8. The summed E-state index contributed by atoms with van der Waals surface area (Å²) in [5, 5.41) is 3.85. The van der Waals surface area contributed by atoms with Crippen LogP contribution in [0.3, 0.4) is 0 Å². The molecule has 3 rings (SSSR count). The molecule has 0 atom stereocenters. The minimum absolute atomic E-state index is 0.00963. The number of benzene rings is 1. The van der Waals surface area contributed by atoms with Crippen LogP contribution in [0.4, 0.5) is 13.6 Å². The average molecular weight is 379 g/mol. The van der Waals surface area contributed by atoms with E-state index < -0.39 is 17.2 Å². The highest BCUT2D eigenvalue weighted by atomic mass is 19.1. The van der Waals surface area contributed by atoms with Crippen molar-refractivity contribution in [2.24, 2.45) is 0 Å². The number of rotatable bonds is 3. The van der Waals surface area contributed by atoms with E-state index in [4.69, 9.17) is 9.26 Å². The molecule has 0 N–H and O–H groups in total. The summed E-state index contributed by atoms with van der Waals surface area (Å²) < 4.78 is 38.2. The van der Waals surface area contributed by atoms with Gasteiger partial charge in [-0.2, -0.15) is 4.98 Å². The zero-order valence-corrected chi connectivity index (χ0v) is 15.7. The number of likely N-dealkylation sites (tertiary alicyclic amines) is 1. The quantitative estimate of drug-likeness (QED) is 0.805. The molecule has 0 bridgehead atoms. The molecule has 0 unspecified atom stereocenters. The van der Waals surface area contributed by atoms with Crippen LogP contribution in [-0.4, -0.2) is 39.8 Å². The van der Waals surface area contributed by atoms with Crippen LogP contribution in [0.2, 0.25) is 0 Å². The predicted octanol–water partition coefficient (Wildman–Crippen LogP) is 4.05. The Morgan fingerprint density at radius 1 is 1.26 bits per heavy atom. The zero-order valence-electron chi connectivity index (χ0n) is 15.7. The number of amides is 1. The Morgan fingerprint density at radius 2 is 1.89 bits per heavy atom. The van der Waals surface area contributed by atoms with Crippen LogP contribution in [0.25, 0.3) is 0 Å². The number of nitrogens with zero attached hydrogens (tertiary/aromatic N) is 3. The molecule has 1 aliphatic rings. The summed E-state index contributed by atoms with van der Waals surface area (Å²) in [5.41, 5.74) is -0.610. The summed E-state index contributed by atoms with van der Waals surface area (Å²) >= 11 is 0. The van der Waals surface area contributed by atoms with Crippen molar-refractivity contribution in [1.82, 2.24) is 15.0 Å². The standard InChI is InChI=1S/C19H23F2N3O3/c1-19(2,3)26-18(25)24-9-7-12(8-10-24)17-22-16(23-27-17)11-13-14(20)5-4-6-15(13)21/h4-6,12H,7-11H2,1-3H3. The Kier molecular flexibility index (Phi) is 5.43. The minimum Gasteiger partial charge on any atom is -0.444 e. The second-order valence-corrected chi connectivity index (χ2v) is 7.67. The Morgan fingerprint density at radius 3 is 2.48 bits per heavy atom. The van der Waals surface area contributed by atoms with Crippen molar-refractivity contribution in [2.45, 2.75) is 51.6 Å². The highest BCUT2D eigenvalue weighted by Gasteiger charge is 2.30. The lowest BCUT2D eigenvalue weighted by atomic mass is 9.97. The molecule has 0 spiro atoms. The topological polar surface area (TPSA) is 68.5 Å². The van der Waals surface area contributed by atoms with Gasteiger partial charge >= 0.3 is 6.09 Å². The summed E-state index contributed by atoms with van der Waals surface area (Å²) in [4.78, 5) is 18.1. The monoisotopic (exact) mass is 379 g/mol. The molecule has 1 amide bonds. The van der Waals surface area contributed by atoms with E-state index in [9.17, 15) is 13.6 Å². The number of aromatic nitrogens is 2. The van der Waals surface area contributed by atoms with Gasteiger partial charge < -0.3 is 14.2 Å². The van der Waals surface area contributed by atoms with Crippen molar-refractivity contribution in [1.29, 1.82) is 0 Å². The van der Waals surface area contributed by atoms with Crippen LogP contribution < -0.4 is 0 Å². The maximum Gasteiger partial charge on any atom is 0.410 e. The van der Waals surface area contributed by atoms with E-state index in [0.29, 0.717) is 31.8 Å². The SMILES string of the molecule is CC(C)(C)OC(=O)N1CCC(c2nc(Cc3c(F)cccc3F)no2)CC1. The number of carbonyl (C=O) groups excluding carboxylic acids is 1. The van der Waals surface area contributed by atoms with Gasteiger partial charge in [0.25, 0.3) is 0 Å². The third-order valence-electron chi connectivity index (χ3n) is 4.38. The van der Waals surface area contributed by atoms with Gasteiger partial charge in [0.2, 0.25) is 5.89 Å². The summed E-state index contributed by atoms with van der Waals surface area (Å²) in [6.45, 7) is 6.54. The lowest BCUT2D eigenvalue weighted by Crippen LogP contribution is -2.41. The number of hydrogen-bond donors (Lipinski definition) is 0. The van der Waals surface area contributed by atoms with Crippen molar-refractivity contribution in [3.8, 4) is 0 Å². The van der Waals surface area contributed by atoms with Gasteiger partial charge in [0.05, 0.1) is 0 Å². The van der Waals surface area contributed by atoms with Gasteiger partial charge in [-0.15, -0.1) is 0 Å². The van der Waals surface area contributed by atoms with E-state index >= 15 is 0 Å². The van der Waals surface area contributed by atoms with Crippen molar-refractivity contribution in [2.75, 3.05) is 13.1 Å². The molecule has 146 valence electrons. The maximum absolute atomic E-state index is 13.8. The third kappa shape index (κ3) is 4.81. The van der Waals surface area contributed by atoms with E-state index in [-0.39, 0.29) is 29.8 Å². The van der Waals surface area contributed by atoms with Gasteiger partial charge in [0.15, 0.2) is 5.82 Å². The molecule has 1 aromatic heterocycles. The highest BCUT2D eigenvalue weighted by Crippen LogP contribution is 2.28. The van der Waals surface area contributed by atoms with Crippen LogP contribution in [0.1, 0.15) is 56.8 Å². The van der Waals surface area contributed by atoms with Gasteiger partial charge in [-0.1, -0.05) is 11.2 Å². The van der Waals surface area contributed by atoms with Crippen LogP contribution in [0, 0.1) is 11.6 Å². The minimum atomic E-state index is -0.632. The lowest BCUT2D eigenvalue weighted by Gasteiger charge is -2.32. The molecular formula is C19H23F2N3O3. The van der Waals surface area contributed by atoms with Crippen molar-refractivity contribution in [3.05, 3.63) is 47.1 Å². The molecule has 1 fully saturated rings. The number of halogens is 2. The first-order valence-electron chi connectivity index (χ1n) is 8.96. The van der Waals surface area contributed by atoms with Crippen molar-refractivity contribution >= 4 is 6.09 Å². The first-order chi connectivity index (χ1) is 12.7. The fraction of sp³-hybridized carbons (Fsp3) is 0.526. The second kappa shape index (κ2) is 7.62. The summed E-state index contributed by atoms with van der Waals surface area (Å²) in [6, 6.07) is 3.71. The van der Waals surface area contributed by atoms with Gasteiger partial charge in [0.1, 0.15) is 17.2 Å². The molecule has 1 saturated heterocycles. The van der Waals surface area contributed by atoms with Gasteiger partial charge in [-0.05, 0) is 45.7 Å². The van der Waals surface area contributed by atoms with Gasteiger partial charge in [0, 0.05) is 31.0 Å². The lowest BCUT2D eigenvalue weighted by molar-refractivity contribution is 0.0198. The van der Waals surface area contributed by atoms with Crippen LogP contribution in [-0.2, 0) is 11.2 Å². The van der Waals surface area contributed by atoms with Gasteiger partial charge in [-0.3, -0.25) is 0 Å². The summed E-state index contributed by atoms with van der Waals surface area (Å²) in [6.07, 6.45) is 0.921. The van der Waals surface area contributed by atoms with Crippen molar-refractivity contribution in [3.63, 3.8) is 0 Å². The molecule has 8 heteroatoms. The summed E-state index contributed by atoms with van der Waals surface area (Å²) in [7, 11) is 0. The molecular weight excluding hydrogens is 356 g/mol. The summed E-state index contributed by atoms with van der Waals surface area (Å²) in [5.74, 6) is -0.580. The molecule has 6 nitrogen and oxygen atoms in total. The first-order valence-corrected chi connectivity index (χ1v) is 8.96. The van der Waals surface area contributed by atoms with Crippen LogP contribution in [0.15, 0.2) is 22.7 Å². The number of piperidine rings is 1. The fourth-order valence-corrected chi connectivity index (χ4v) is 3.00. The maximum atomic E-state index is 13.8. The number of carbonyl (C=O) groups is 1. The van der Waals surface area contributed by atoms with E-state index in [0.717, 1.165) is 0 Å². The Labute approximate surface area is 156 Å². The predicted molar refractivity (Wildman–Crippen MR) is 93.2 cm³/mol. The Balaban J connectivity index is 1.59. The number of hydrogen-bond acceptors (Lipinski definition) is 5. The molecule has 2 aromatic rings. The molecule has 1 aromatic carbocycles. The Hall–Kier alpha value is -2.51. The molecule has 1 aliphatic heterocycles. The van der Waals surface area contributed by atoms with Crippen molar-refractivity contribution < 1.29 is 22.8 Å². The third-order valence-corrected chi connectivity index (χ3v) is 4.38. The average Bonchev–Trinajstić information content (AvgIpc) is 3.06. The first kappa shape index (κ1) is 19.3. The van der Waals surface area contributed by atoms with Gasteiger partial charge in [-0.25, -0.2) is 13.6 Å². The molecule has 2 heterocycles. The zero-order chi connectivity index (χ0) is 19.6. The molecule has 0 aliphatic carbocycles.